The van der Waals surface area contributed by atoms with E-state index in [9.17, 15) is 0 Å². The molecule has 1 rings (SSSR count). The van der Waals surface area contributed by atoms with Gasteiger partial charge in [-0.05, 0) is 6.42 Å². The van der Waals surface area contributed by atoms with Crippen molar-refractivity contribution >= 4 is 0 Å². The Morgan fingerprint density at radius 2 is 1.14 bits per heavy atom. The lowest BCUT2D eigenvalue weighted by atomic mass is 10.0. The Balaban J connectivity index is 0.00000729. The number of hydrogen-bond acceptors (Lipinski definition) is 1. The highest BCUT2D eigenvalue weighted by Crippen LogP contribution is 2.13. The van der Waals surface area contributed by atoms with Gasteiger partial charge in [-0.25, -0.2) is 9.13 Å². The highest BCUT2D eigenvalue weighted by atomic mass is 127. The average molecular weight is 507 g/mol. The van der Waals surface area contributed by atoms with Crippen LogP contribution in [0.5, 0.6) is 0 Å². The fourth-order valence-electron chi connectivity index (χ4n) is 3.66. The topological polar surface area (TPSA) is 18.0 Å². The van der Waals surface area contributed by atoms with Crippen molar-refractivity contribution in [1.29, 1.82) is 0 Å². The Morgan fingerprint density at radius 1 is 0.679 bits per heavy atom. The van der Waals surface area contributed by atoms with Gasteiger partial charge in [0.15, 0.2) is 0 Å². The van der Waals surface area contributed by atoms with Crippen LogP contribution in [0, 0.1) is 0 Å². The number of rotatable bonds is 20. The van der Waals surface area contributed by atoms with Gasteiger partial charge in [-0.2, -0.15) is 0 Å². The first kappa shape index (κ1) is 27.9. The summed E-state index contributed by atoms with van der Waals surface area (Å²) in [5.41, 5.74) is 0. The molecule has 0 aromatic carbocycles. The van der Waals surface area contributed by atoms with Gasteiger partial charge in [0, 0.05) is 6.61 Å². The van der Waals surface area contributed by atoms with E-state index in [1.807, 2.05) is 7.05 Å². The number of hydrogen-bond donors (Lipinski definition) is 0. The van der Waals surface area contributed by atoms with Gasteiger partial charge in [-0.1, -0.05) is 103 Å². The van der Waals surface area contributed by atoms with E-state index in [2.05, 4.69) is 34.8 Å². The summed E-state index contributed by atoms with van der Waals surface area (Å²) in [5, 5.41) is 0. The zero-order valence-electron chi connectivity index (χ0n) is 18.8. The average Bonchev–Trinajstić information content (AvgIpc) is 3.09. The minimum absolute atomic E-state index is 0. The van der Waals surface area contributed by atoms with Gasteiger partial charge < -0.3 is 28.7 Å². The molecule has 4 heteroatoms. The predicted molar refractivity (Wildman–Crippen MR) is 116 cm³/mol. The molecular formula is C24H47IN2O. The zero-order valence-corrected chi connectivity index (χ0v) is 21.0. The van der Waals surface area contributed by atoms with E-state index in [4.69, 9.17) is 4.74 Å². The number of aryl methyl sites for hydroxylation is 1. The number of halogens is 1. The number of imidazole rings is 1. The second-order valence-corrected chi connectivity index (χ2v) is 8.23. The minimum atomic E-state index is 0. The first-order valence-electron chi connectivity index (χ1n) is 11.9. The molecule has 0 saturated heterocycles. The van der Waals surface area contributed by atoms with E-state index in [0.29, 0.717) is 0 Å². The molecule has 0 aliphatic carbocycles. The van der Waals surface area contributed by atoms with E-state index >= 15 is 0 Å². The van der Waals surface area contributed by atoms with Crippen molar-refractivity contribution in [3.8, 4) is 0 Å². The first-order valence-corrected chi connectivity index (χ1v) is 11.9. The Hall–Kier alpha value is -0.100. The largest absolute Gasteiger partial charge is 1.00 e. The van der Waals surface area contributed by atoms with Crippen molar-refractivity contribution in [1.82, 2.24) is 4.57 Å². The zero-order chi connectivity index (χ0) is 19.4. The molecule has 1 heterocycles. The summed E-state index contributed by atoms with van der Waals surface area (Å²) >= 11 is 0. The van der Waals surface area contributed by atoms with Gasteiger partial charge in [0.05, 0.1) is 13.7 Å². The maximum absolute atomic E-state index is 5.74. The molecule has 0 fully saturated rings. The maximum atomic E-state index is 5.74. The van der Waals surface area contributed by atoms with Crippen molar-refractivity contribution in [2.45, 2.75) is 116 Å². The molecule has 0 aliphatic rings. The van der Waals surface area contributed by atoms with Crippen LogP contribution in [0.2, 0.25) is 0 Å². The fourth-order valence-corrected chi connectivity index (χ4v) is 3.66. The van der Waals surface area contributed by atoms with E-state index in [1.54, 1.807) is 0 Å². The summed E-state index contributed by atoms with van der Waals surface area (Å²) in [4.78, 5) is 0. The molecule has 0 N–H and O–H groups in total. The highest BCUT2D eigenvalue weighted by molar-refractivity contribution is 4.65. The van der Waals surface area contributed by atoms with Crippen molar-refractivity contribution in [3.05, 3.63) is 18.7 Å². The molecule has 0 amide bonds. The third-order valence-electron chi connectivity index (χ3n) is 5.46. The molecule has 166 valence electrons. The van der Waals surface area contributed by atoms with Crippen LogP contribution in [0.25, 0.3) is 0 Å². The molecule has 3 nitrogen and oxygen atoms in total. The molecule has 0 bridgehead atoms. The van der Waals surface area contributed by atoms with Crippen LogP contribution >= 0.6 is 0 Å². The van der Waals surface area contributed by atoms with E-state index in [0.717, 1.165) is 19.8 Å². The summed E-state index contributed by atoms with van der Waals surface area (Å²) < 4.78 is 9.98. The van der Waals surface area contributed by atoms with Crippen molar-refractivity contribution in [3.63, 3.8) is 0 Å². The Bertz CT molecular complexity index is 422. The lowest BCUT2D eigenvalue weighted by molar-refractivity contribution is -0.671. The SMILES string of the molecule is CCCCCCCCCCCCCCCCCCOCCn1cc[n+](C)c1.[I-]. The van der Waals surface area contributed by atoms with Crippen LogP contribution in [-0.2, 0) is 18.3 Å². The summed E-state index contributed by atoms with van der Waals surface area (Å²) in [7, 11) is 2.05. The van der Waals surface area contributed by atoms with Crippen LogP contribution in [0.3, 0.4) is 0 Å². The molecule has 0 saturated carbocycles. The molecule has 0 unspecified atom stereocenters. The standard InChI is InChI=1S/C24H47N2O.HI/c1-3-4-5-6-7-8-9-10-11-12-13-14-15-16-17-18-22-27-23-21-26-20-19-25(2)24-26;/h19-20,24H,3-18,21-23H2,1-2H3;1H/q+1;/p-1. The van der Waals surface area contributed by atoms with Gasteiger partial charge in [-0.15, -0.1) is 0 Å². The Morgan fingerprint density at radius 3 is 1.57 bits per heavy atom. The van der Waals surface area contributed by atoms with E-state index in [-0.39, 0.29) is 24.0 Å². The highest BCUT2D eigenvalue weighted by Gasteiger charge is 1.99. The summed E-state index contributed by atoms with van der Waals surface area (Å²) in [6.07, 6.45) is 29.0. The second-order valence-electron chi connectivity index (χ2n) is 8.23. The minimum Gasteiger partial charge on any atom is -1.00 e. The molecule has 0 aliphatic heterocycles. The van der Waals surface area contributed by atoms with Crippen LogP contribution in [0.4, 0.5) is 0 Å². The number of ether oxygens (including phenoxy) is 1. The lowest BCUT2D eigenvalue weighted by Gasteiger charge is -2.04. The van der Waals surface area contributed by atoms with Gasteiger partial charge in [0.2, 0.25) is 6.33 Å². The maximum Gasteiger partial charge on any atom is 0.243 e. The van der Waals surface area contributed by atoms with Crippen molar-refractivity contribution in [2.75, 3.05) is 13.2 Å². The Kier molecular flexibility index (Phi) is 21.5. The van der Waals surface area contributed by atoms with Crippen LogP contribution in [-0.4, -0.2) is 17.8 Å². The number of unbranched alkanes of at least 4 members (excludes halogenated alkanes) is 15. The van der Waals surface area contributed by atoms with E-state index in [1.165, 1.54) is 103 Å². The van der Waals surface area contributed by atoms with Gasteiger partial charge in [0.25, 0.3) is 0 Å². The molecule has 1 aromatic rings. The van der Waals surface area contributed by atoms with Crippen LogP contribution in [0.1, 0.15) is 110 Å². The molecule has 0 radical (unpaired) electrons. The number of nitrogens with zero attached hydrogens (tertiary/aromatic N) is 2. The first-order chi connectivity index (χ1) is 13.3. The van der Waals surface area contributed by atoms with Gasteiger partial charge in [0.1, 0.15) is 18.9 Å². The normalized spacial score (nSPS) is 10.9. The van der Waals surface area contributed by atoms with Crippen LogP contribution < -0.4 is 28.5 Å². The quantitative estimate of drug-likeness (QED) is 0.150. The molecule has 0 atom stereocenters. The van der Waals surface area contributed by atoms with Crippen molar-refractivity contribution < 1.29 is 33.3 Å². The van der Waals surface area contributed by atoms with E-state index < -0.39 is 0 Å². The number of aromatic nitrogens is 2. The van der Waals surface area contributed by atoms with Crippen LogP contribution in [0.15, 0.2) is 18.7 Å². The monoisotopic (exact) mass is 506 g/mol. The third-order valence-corrected chi connectivity index (χ3v) is 5.46. The summed E-state index contributed by atoms with van der Waals surface area (Å²) in [6, 6.07) is 0. The summed E-state index contributed by atoms with van der Waals surface area (Å²) in [5.74, 6) is 0. The lowest BCUT2D eigenvalue weighted by Crippen LogP contribution is -3.00. The fraction of sp³-hybridized carbons (Fsp3) is 0.875. The summed E-state index contributed by atoms with van der Waals surface area (Å²) in [6.45, 7) is 5.00. The van der Waals surface area contributed by atoms with Gasteiger partial charge in [-0.3, -0.25) is 0 Å². The van der Waals surface area contributed by atoms with Gasteiger partial charge >= 0.3 is 0 Å². The Labute approximate surface area is 192 Å². The molecular weight excluding hydrogens is 459 g/mol. The smallest absolute Gasteiger partial charge is 0.243 e. The third kappa shape index (κ3) is 18.0. The van der Waals surface area contributed by atoms with Crippen molar-refractivity contribution in [2.24, 2.45) is 7.05 Å². The molecule has 0 spiro atoms. The molecule has 1 aromatic heterocycles. The molecule has 28 heavy (non-hydrogen) atoms. The predicted octanol–water partition coefficient (Wildman–Crippen LogP) is 3.59. The second kappa shape index (κ2) is 21.6.